The first-order valence-corrected chi connectivity index (χ1v) is 6.60. The van der Waals surface area contributed by atoms with E-state index in [0.29, 0.717) is 12.5 Å². The van der Waals surface area contributed by atoms with Crippen LogP contribution in [0.15, 0.2) is 41.8 Å². The molecule has 0 atom stereocenters. The summed E-state index contributed by atoms with van der Waals surface area (Å²) in [4.78, 5) is 1.35. The van der Waals surface area contributed by atoms with Crippen molar-refractivity contribution >= 4 is 22.9 Å². The van der Waals surface area contributed by atoms with Crippen LogP contribution in [0.1, 0.15) is 10.4 Å². The molecule has 0 amide bonds. The Morgan fingerprint density at radius 3 is 2.75 bits per heavy atom. The van der Waals surface area contributed by atoms with Gasteiger partial charge in [-0.15, -0.1) is 22.9 Å². The van der Waals surface area contributed by atoms with Gasteiger partial charge in [-0.1, -0.05) is 24.3 Å². The minimum Gasteiger partial charge on any atom is -0.493 e. The summed E-state index contributed by atoms with van der Waals surface area (Å²) in [6.07, 6.45) is 0.953. The fourth-order valence-corrected chi connectivity index (χ4v) is 2.38. The lowest BCUT2D eigenvalue weighted by atomic mass is 10.2. The summed E-state index contributed by atoms with van der Waals surface area (Å²) in [5.41, 5.74) is 1.05. The van der Waals surface area contributed by atoms with Crippen molar-refractivity contribution in [2.45, 2.75) is 12.3 Å². The molecule has 0 N–H and O–H groups in total. The van der Waals surface area contributed by atoms with Crippen LogP contribution in [0.4, 0.5) is 0 Å². The molecule has 0 spiro atoms. The quantitative estimate of drug-likeness (QED) is 0.728. The molecule has 0 fully saturated rings. The smallest absolute Gasteiger partial charge is 0.123 e. The van der Waals surface area contributed by atoms with Crippen molar-refractivity contribution in [1.82, 2.24) is 0 Å². The zero-order valence-electron chi connectivity index (χ0n) is 8.86. The lowest BCUT2D eigenvalue weighted by Gasteiger charge is -2.08. The Bertz CT molecular complexity index is 425. The molecule has 1 heterocycles. The van der Waals surface area contributed by atoms with Gasteiger partial charge >= 0.3 is 0 Å². The first-order chi connectivity index (χ1) is 7.90. The normalized spacial score (nSPS) is 10.3. The van der Waals surface area contributed by atoms with E-state index in [1.54, 1.807) is 11.3 Å². The van der Waals surface area contributed by atoms with Crippen LogP contribution in [0, 0.1) is 0 Å². The monoisotopic (exact) mass is 252 g/mol. The van der Waals surface area contributed by atoms with Gasteiger partial charge in [-0.3, -0.25) is 0 Å². The van der Waals surface area contributed by atoms with Gasteiger partial charge in [-0.25, -0.2) is 0 Å². The molecule has 2 aromatic rings. The molecule has 1 aromatic carbocycles. The lowest BCUT2D eigenvalue weighted by molar-refractivity contribution is 0.320. The molecule has 0 aliphatic rings. The van der Waals surface area contributed by atoms with E-state index in [4.69, 9.17) is 16.3 Å². The molecule has 1 aromatic heterocycles. The minimum atomic E-state index is 0.495. The molecular weight excluding hydrogens is 240 g/mol. The van der Waals surface area contributed by atoms with E-state index < -0.39 is 0 Å². The number of halogens is 1. The molecule has 0 radical (unpaired) electrons. The highest BCUT2D eigenvalue weighted by molar-refractivity contribution is 7.09. The van der Waals surface area contributed by atoms with Crippen LogP contribution in [0.3, 0.4) is 0 Å². The van der Waals surface area contributed by atoms with Crippen LogP contribution in [0.5, 0.6) is 5.75 Å². The van der Waals surface area contributed by atoms with E-state index >= 15 is 0 Å². The molecule has 16 heavy (non-hydrogen) atoms. The van der Waals surface area contributed by atoms with Gasteiger partial charge in [0.15, 0.2) is 0 Å². The fourth-order valence-electron chi connectivity index (χ4n) is 1.47. The van der Waals surface area contributed by atoms with Gasteiger partial charge in [0, 0.05) is 16.9 Å². The van der Waals surface area contributed by atoms with Crippen molar-refractivity contribution < 1.29 is 4.74 Å². The predicted molar refractivity (Wildman–Crippen MR) is 69.5 cm³/mol. The number of para-hydroxylation sites is 1. The van der Waals surface area contributed by atoms with E-state index in [2.05, 4.69) is 17.5 Å². The van der Waals surface area contributed by atoms with E-state index in [1.807, 2.05) is 24.3 Å². The molecule has 0 unspecified atom stereocenters. The maximum Gasteiger partial charge on any atom is 0.123 e. The minimum absolute atomic E-state index is 0.495. The Balaban J connectivity index is 1.89. The number of alkyl halides is 1. The van der Waals surface area contributed by atoms with Crippen molar-refractivity contribution in [3.05, 3.63) is 52.2 Å². The Hall–Kier alpha value is -0.990. The predicted octanol–water partition coefficient (Wildman–Crippen LogP) is 4.11. The molecule has 0 bridgehead atoms. The molecule has 0 aliphatic carbocycles. The highest BCUT2D eigenvalue weighted by atomic mass is 35.5. The van der Waals surface area contributed by atoms with Crippen molar-refractivity contribution in [3.8, 4) is 5.75 Å². The summed E-state index contributed by atoms with van der Waals surface area (Å²) < 4.78 is 5.72. The van der Waals surface area contributed by atoms with Crippen LogP contribution in [-0.4, -0.2) is 6.61 Å². The summed E-state index contributed by atoms with van der Waals surface area (Å²) >= 11 is 7.59. The third-order valence-electron chi connectivity index (χ3n) is 2.30. The molecule has 0 saturated carbocycles. The number of rotatable bonds is 5. The van der Waals surface area contributed by atoms with Crippen molar-refractivity contribution in [2.24, 2.45) is 0 Å². The van der Waals surface area contributed by atoms with Gasteiger partial charge in [-0.2, -0.15) is 0 Å². The van der Waals surface area contributed by atoms with E-state index in [0.717, 1.165) is 17.7 Å². The van der Waals surface area contributed by atoms with E-state index in [1.165, 1.54) is 4.88 Å². The van der Waals surface area contributed by atoms with Crippen LogP contribution in [0.2, 0.25) is 0 Å². The van der Waals surface area contributed by atoms with Gasteiger partial charge in [0.25, 0.3) is 0 Å². The average Bonchev–Trinajstić information content (AvgIpc) is 2.83. The lowest BCUT2D eigenvalue weighted by Crippen LogP contribution is -2.01. The zero-order valence-corrected chi connectivity index (χ0v) is 10.4. The molecule has 3 heteroatoms. The first kappa shape index (κ1) is 11.5. The molecule has 1 nitrogen and oxygen atoms in total. The highest BCUT2D eigenvalue weighted by Crippen LogP contribution is 2.20. The second-order valence-corrected chi connectivity index (χ2v) is 4.72. The van der Waals surface area contributed by atoms with Crippen LogP contribution < -0.4 is 4.74 Å². The Kier molecular flexibility index (Phi) is 4.25. The summed E-state index contributed by atoms with van der Waals surface area (Å²) in [6, 6.07) is 12.1. The maximum absolute atomic E-state index is 5.83. The van der Waals surface area contributed by atoms with Gasteiger partial charge in [0.1, 0.15) is 5.75 Å². The summed E-state index contributed by atoms with van der Waals surface area (Å²) in [5, 5.41) is 2.09. The average molecular weight is 253 g/mol. The molecule has 0 saturated heterocycles. The standard InChI is InChI=1S/C13H13ClOS/c14-10-11-4-1-2-6-13(11)15-8-7-12-5-3-9-16-12/h1-6,9H,7-8,10H2. The number of hydrogen-bond acceptors (Lipinski definition) is 2. The Morgan fingerprint density at radius 2 is 2.00 bits per heavy atom. The third kappa shape index (κ3) is 3.00. The Labute approximate surface area is 105 Å². The number of benzene rings is 1. The van der Waals surface area contributed by atoms with Crippen molar-refractivity contribution in [2.75, 3.05) is 6.61 Å². The molecular formula is C13H13ClOS. The van der Waals surface area contributed by atoms with Crippen LogP contribution >= 0.6 is 22.9 Å². The van der Waals surface area contributed by atoms with E-state index in [9.17, 15) is 0 Å². The number of thiophene rings is 1. The summed E-state index contributed by atoms with van der Waals surface area (Å²) in [7, 11) is 0. The largest absolute Gasteiger partial charge is 0.493 e. The summed E-state index contributed by atoms with van der Waals surface area (Å²) in [5.74, 6) is 1.39. The topological polar surface area (TPSA) is 9.23 Å². The number of hydrogen-bond donors (Lipinski definition) is 0. The fraction of sp³-hybridized carbons (Fsp3) is 0.231. The Morgan fingerprint density at radius 1 is 1.12 bits per heavy atom. The zero-order chi connectivity index (χ0) is 11.2. The van der Waals surface area contributed by atoms with Gasteiger partial charge < -0.3 is 4.74 Å². The third-order valence-corrected chi connectivity index (χ3v) is 3.53. The van der Waals surface area contributed by atoms with E-state index in [-0.39, 0.29) is 0 Å². The number of ether oxygens (including phenoxy) is 1. The first-order valence-electron chi connectivity index (χ1n) is 5.19. The summed E-state index contributed by atoms with van der Waals surface area (Å²) in [6.45, 7) is 0.703. The molecule has 84 valence electrons. The second-order valence-electron chi connectivity index (χ2n) is 3.42. The molecule has 0 aliphatic heterocycles. The van der Waals surface area contributed by atoms with Gasteiger partial charge in [0.05, 0.1) is 12.5 Å². The maximum atomic E-state index is 5.83. The van der Waals surface area contributed by atoms with Crippen molar-refractivity contribution in [1.29, 1.82) is 0 Å². The highest BCUT2D eigenvalue weighted by Gasteiger charge is 2.01. The SMILES string of the molecule is ClCc1ccccc1OCCc1cccs1. The van der Waals surface area contributed by atoms with Gasteiger partial charge in [0.2, 0.25) is 0 Å². The van der Waals surface area contributed by atoms with Crippen LogP contribution in [-0.2, 0) is 12.3 Å². The molecule has 2 rings (SSSR count). The van der Waals surface area contributed by atoms with Gasteiger partial charge in [-0.05, 0) is 17.5 Å². The van der Waals surface area contributed by atoms with Crippen molar-refractivity contribution in [3.63, 3.8) is 0 Å². The second kappa shape index (κ2) is 5.92. The van der Waals surface area contributed by atoms with Crippen LogP contribution in [0.25, 0.3) is 0 Å².